The monoisotopic (exact) mass is 476 g/mol. The van der Waals surface area contributed by atoms with Crippen LogP contribution in [-0.4, -0.2) is 90.6 Å². The number of benzene rings is 1. The quantitative estimate of drug-likeness (QED) is 0.501. The molecule has 3 saturated heterocycles. The van der Waals surface area contributed by atoms with Crippen molar-refractivity contribution < 1.29 is 27.9 Å². The number of carbonyl (C=O) groups excluding carboxylic acids is 3. The number of carbonyl (C=O) groups is 3. The van der Waals surface area contributed by atoms with Crippen LogP contribution in [0.4, 0.5) is 13.6 Å². The molecule has 0 aromatic heterocycles. The third-order valence-corrected chi connectivity index (χ3v) is 7.04. The molecular formula is C24H30F2N4O4. The van der Waals surface area contributed by atoms with E-state index < -0.39 is 17.2 Å². The van der Waals surface area contributed by atoms with Crippen LogP contribution < -0.4 is 5.32 Å². The number of halogens is 2. The van der Waals surface area contributed by atoms with Crippen LogP contribution in [0.5, 0.6) is 0 Å². The molecule has 1 N–H and O–H groups in total. The molecule has 1 aromatic rings. The largest absolute Gasteiger partial charge is 0.379 e. The van der Waals surface area contributed by atoms with E-state index in [0.29, 0.717) is 52.2 Å². The summed E-state index contributed by atoms with van der Waals surface area (Å²) in [6.45, 7) is 6.45. The number of nitrogens with one attached hydrogen (secondary N) is 1. The maximum absolute atomic E-state index is 13.8. The summed E-state index contributed by atoms with van der Waals surface area (Å²) in [5.74, 6) is -2.00. The van der Waals surface area contributed by atoms with E-state index in [2.05, 4.69) is 10.2 Å². The maximum atomic E-state index is 13.8. The number of amides is 4. The van der Waals surface area contributed by atoms with Gasteiger partial charge in [-0.2, -0.15) is 0 Å². The molecule has 10 heteroatoms. The van der Waals surface area contributed by atoms with Gasteiger partial charge in [0.1, 0.15) is 17.2 Å². The molecule has 3 heterocycles. The van der Waals surface area contributed by atoms with Crippen molar-refractivity contribution >= 4 is 23.9 Å². The van der Waals surface area contributed by atoms with Crippen molar-refractivity contribution in [1.82, 2.24) is 20.0 Å². The van der Waals surface area contributed by atoms with Gasteiger partial charge in [0.2, 0.25) is 5.91 Å². The van der Waals surface area contributed by atoms with Crippen molar-refractivity contribution in [2.75, 3.05) is 52.5 Å². The van der Waals surface area contributed by atoms with Gasteiger partial charge in [-0.1, -0.05) is 0 Å². The number of rotatable bonds is 6. The second-order valence-corrected chi connectivity index (χ2v) is 9.14. The predicted molar refractivity (Wildman–Crippen MR) is 121 cm³/mol. The van der Waals surface area contributed by atoms with Gasteiger partial charge in [-0.25, -0.2) is 13.6 Å². The Kier molecular flexibility index (Phi) is 7.27. The highest BCUT2D eigenvalue weighted by Crippen LogP contribution is 2.33. The zero-order valence-corrected chi connectivity index (χ0v) is 19.3. The van der Waals surface area contributed by atoms with E-state index in [4.69, 9.17) is 4.74 Å². The van der Waals surface area contributed by atoms with E-state index >= 15 is 0 Å². The van der Waals surface area contributed by atoms with Crippen molar-refractivity contribution in [2.45, 2.75) is 25.3 Å². The summed E-state index contributed by atoms with van der Waals surface area (Å²) in [5, 5.41) is 2.89. The lowest BCUT2D eigenvalue weighted by atomic mass is 9.79. The minimum absolute atomic E-state index is 0.0973. The smallest absolute Gasteiger partial charge is 0.325 e. The fraction of sp³-hybridized carbons (Fsp3) is 0.542. The number of ether oxygens (including phenoxy) is 1. The lowest BCUT2D eigenvalue weighted by Crippen LogP contribution is -2.54. The first-order valence-corrected chi connectivity index (χ1v) is 11.6. The zero-order chi connectivity index (χ0) is 24.3. The zero-order valence-electron chi connectivity index (χ0n) is 19.3. The Morgan fingerprint density at radius 1 is 1.15 bits per heavy atom. The molecule has 0 radical (unpaired) electrons. The molecule has 4 amide bonds. The van der Waals surface area contributed by atoms with E-state index in [1.807, 2.05) is 0 Å². The van der Waals surface area contributed by atoms with Gasteiger partial charge in [-0.3, -0.25) is 19.4 Å². The number of piperidine rings is 1. The van der Waals surface area contributed by atoms with Gasteiger partial charge in [0.25, 0.3) is 5.91 Å². The van der Waals surface area contributed by atoms with E-state index in [-0.39, 0.29) is 29.3 Å². The van der Waals surface area contributed by atoms with Crippen LogP contribution in [0.25, 0.3) is 6.08 Å². The number of urea groups is 1. The Morgan fingerprint density at radius 3 is 2.53 bits per heavy atom. The summed E-state index contributed by atoms with van der Waals surface area (Å²) in [6.07, 6.45) is 3.72. The number of imide groups is 1. The fourth-order valence-corrected chi connectivity index (χ4v) is 4.84. The Balaban J connectivity index is 1.31. The van der Waals surface area contributed by atoms with Gasteiger partial charge in [0.15, 0.2) is 0 Å². The second kappa shape index (κ2) is 10.2. The van der Waals surface area contributed by atoms with Gasteiger partial charge in [-0.15, -0.1) is 0 Å². The normalized spacial score (nSPS) is 24.8. The lowest BCUT2D eigenvalue weighted by Gasteiger charge is -2.38. The van der Waals surface area contributed by atoms with Crippen molar-refractivity contribution in [2.24, 2.45) is 5.92 Å². The molecule has 184 valence electrons. The van der Waals surface area contributed by atoms with Crippen LogP contribution in [0.1, 0.15) is 25.3 Å². The standard InChI is InChI=1S/C24H30F2N4O4/c1-24(22(32)30(23(33)27-24)11-10-28-12-14-34-15-13-28)18-6-8-29(9-7-18)21(31)5-3-17-2-4-19(25)16-20(17)26/h2-5,16,18H,6-15H2,1H3,(H,27,33). The Hall–Kier alpha value is -2.85. The van der Waals surface area contributed by atoms with Gasteiger partial charge >= 0.3 is 6.03 Å². The number of hydrogen-bond acceptors (Lipinski definition) is 5. The van der Waals surface area contributed by atoms with E-state index in [9.17, 15) is 23.2 Å². The molecule has 3 aliphatic heterocycles. The molecule has 0 aliphatic carbocycles. The molecule has 1 unspecified atom stereocenters. The molecule has 0 spiro atoms. The minimum atomic E-state index is -0.996. The summed E-state index contributed by atoms with van der Waals surface area (Å²) < 4.78 is 32.1. The van der Waals surface area contributed by atoms with Crippen LogP contribution in [0, 0.1) is 17.6 Å². The predicted octanol–water partition coefficient (Wildman–Crippen LogP) is 1.86. The number of hydrogen-bond donors (Lipinski definition) is 1. The molecular weight excluding hydrogens is 446 g/mol. The van der Waals surface area contributed by atoms with Crippen LogP contribution in [0.15, 0.2) is 24.3 Å². The van der Waals surface area contributed by atoms with Crippen molar-refractivity contribution in [1.29, 1.82) is 0 Å². The van der Waals surface area contributed by atoms with Gasteiger partial charge < -0.3 is 15.0 Å². The molecule has 1 aromatic carbocycles. The molecule has 4 rings (SSSR count). The van der Waals surface area contributed by atoms with Crippen LogP contribution in [-0.2, 0) is 14.3 Å². The van der Waals surface area contributed by atoms with Crippen molar-refractivity contribution in [3.8, 4) is 0 Å². The molecule has 0 saturated carbocycles. The average molecular weight is 477 g/mol. The van der Waals surface area contributed by atoms with Crippen LogP contribution >= 0.6 is 0 Å². The third-order valence-electron chi connectivity index (χ3n) is 7.04. The fourth-order valence-electron chi connectivity index (χ4n) is 4.84. The second-order valence-electron chi connectivity index (χ2n) is 9.14. The summed E-state index contributed by atoms with van der Waals surface area (Å²) in [7, 11) is 0. The Labute approximate surface area is 197 Å². The minimum Gasteiger partial charge on any atom is -0.379 e. The first kappa shape index (κ1) is 24.3. The first-order chi connectivity index (χ1) is 16.3. The van der Waals surface area contributed by atoms with E-state index in [1.165, 1.54) is 23.1 Å². The van der Waals surface area contributed by atoms with Crippen LogP contribution in [0.3, 0.4) is 0 Å². The average Bonchev–Trinajstić information content (AvgIpc) is 3.06. The number of likely N-dealkylation sites (tertiary alicyclic amines) is 1. The molecule has 3 fully saturated rings. The van der Waals surface area contributed by atoms with E-state index in [1.54, 1.807) is 11.8 Å². The number of morpholine rings is 1. The molecule has 8 nitrogen and oxygen atoms in total. The SMILES string of the molecule is CC1(C2CCN(C(=O)C=Cc3ccc(F)cc3F)CC2)NC(=O)N(CCN2CCOCC2)C1=O. The molecule has 0 bridgehead atoms. The Bertz CT molecular complexity index is 974. The summed E-state index contributed by atoms with van der Waals surface area (Å²) >= 11 is 0. The summed E-state index contributed by atoms with van der Waals surface area (Å²) in [5.41, 5.74) is -0.863. The van der Waals surface area contributed by atoms with Crippen molar-refractivity contribution in [3.05, 3.63) is 41.5 Å². The molecule has 3 aliphatic rings. The highest BCUT2D eigenvalue weighted by atomic mass is 19.1. The highest BCUT2D eigenvalue weighted by molar-refractivity contribution is 6.07. The summed E-state index contributed by atoms with van der Waals surface area (Å²) in [4.78, 5) is 43.4. The third kappa shape index (κ3) is 5.12. The van der Waals surface area contributed by atoms with Gasteiger partial charge in [-0.05, 0) is 43.9 Å². The topological polar surface area (TPSA) is 82.2 Å². The Morgan fingerprint density at radius 2 is 1.85 bits per heavy atom. The summed E-state index contributed by atoms with van der Waals surface area (Å²) in [6, 6.07) is 2.81. The maximum Gasteiger partial charge on any atom is 0.325 e. The first-order valence-electron chi connectivity index (χ1n) is 11.6. The van der Waals surface area contributed by atoms with Gasteiger partial charge in [0.05, 0.1) is 13.2 Å². The van der Waals surface area contributed by atoms with E-state index in [0.717, 1.165) is 25.2 Å². The highest BCUT2D eigenvalue weighted by Gasteiger charge is 2.52. The number of nitrogens with zero attached hydrogens (tertiary/aromatic N) is 3. The van der Waals surface area contributed by atoms with Gasteiger partial charge in [0, 0.05) is 57.0 Å². The molecule has 34 heavy (non-hydrogen) atoms. The van der Waals surface area contributed by atoms with Crippen molar-refractivity contribution in [3.63, 3.8) is 0 Å². The molecule has 1 atom stereocenters. The van der Waals surface area contributed by atoms with Crippen LogP contribution in [0.2, 0.25) is 0 Å². The lowest BCUT2D eigenvalue weighted by molar-refractivity contribution is -0.134.